The molecular weight excluding hydrogens is 500 g/mol. The van der Waals surface area contributed by atoms with Crippen LogP contribution in [0.4, 0.5) is 0 Å². The van der Waals surface area contributed by atoms with Crippen molar-refractivity contribution in [2.24, 2.45) is 0 Å². The third kappa shape index (κ3) is 8.91. The molecule has 0 bridgehead atoms. The van der Waals surface area contributed by atoms with Crippen molar-refractivity contribution in [3.63, 3.8) is 0 Å². The molecule has 0 aliphatic heterocycles. The maximum absolute atomic E-state index is 6.07. The van der Waals surface area contributed by atoms with E-state index in [0.29, 0.717) is 28.2 Å². The van der Waals surface area contributed by atoms with Crippen LogP contribution in [0.15, 0.2) is 34.8 Å². The van der Waals surface area contributed by atoms with Gasteiger partial charge in [0.15, 0.2) is 11.5 Å². The lowest BCUT2D eigenvalue weighted by Crippen LogP contribution is -2.17. The van der Waals surface area contributed by atoms with E-state index in [-0.39, 0.29) is 18.5 Å². The Balaban J connectivity index is 0.00000420. The van der Waals surface area contributed by atoms with E-state index in [1.54, 1.807) is 19.2 Å². The molecule has 0 heterocycles. The average Bonchev–Trinajstić information content (AvgIpc) is 2.65. The SMILES string of the molecule is COc1cc(CNCCCOC(C)C)cc(Br)c1OCc1ccc(Cl)c(Cl)c1.Cl. The normalized spacial score (nSPS) is 10.7. The van der Waals surface area contributed by atoms with Crippen molar-refractivity contribution in [3.8, 4) is 11.5 Å². The summed E-state index contributed by atoms with van der Waals surface area (Å²) >= 11 is 15.6. The van der Waals surface area contributed by atoms with Gasteiger partial charge < -0.3 is 19.5 Å². The van der Waals surface area contributed by atoms with Crippen LogP contribution in [0.2, 0.25) is 10.0 Å². The summed E-state index contributed by atoms with van der Waals surface area (Å²) < 4.78 is 17.9. The van der Waals surface area contributed by atoms with Crippen molar-refractivity contribution in [3.05, 3.63) is 56.0 Å². The number of ether oxygens (including phenoxy) is 3. The average molecular weight is 528 g/mol. The van der Waals surface area contributed by atoms with Gasteiger partial charge in [0.05, 0.1) is 27.7 Å². The number of hydrogen-bond acceptors (Lipinski definition) is 4. The van der Waals surface area contributed by atoms with Gasteiger partial charge in [-0.15, -0.1) is 12.4 Å². The first-order valence-electron chi connectivity index (χ1n) is 9.16. The summed E-state index contributed by atoms with van der Waals surface area (Å²) in [6.45, 7) is 6.84. The van der Waals surface area contributed by atoms with Crippen LogP contribution in [0, 0.1) is 0 Å². The summed E-state index contributed by atoms with van der Waals surface area (Å²) in [6.07, 6.45) is 1.25. The number of nitrogens with one attached hydrogen (secondary N) is 1. The number of methoxy groups -OCH3 is 1. The third-order valence-electron chi connectivity index (χ3n) is 3.93. The number of halogens is 4. The minimum absolute atomic E-state index is 0. The molecule has 0 saturated heterocycles. The van der Waals surface area contributed by atoms with Gasteiger partial charge in [-0.25, -0.2) is 0 Å². The topological polar surface area (TPSA) is 39.7 Å². The first-order valence-corrected chi connectivity index (χ1v) is 10.7. The summed E-state index contributed by atoms with van der Waals surface area (Å²) in [6, 6.07) is 9.45. The zero-order valence-electron chi connectivity index (χ0n) is 16.8. The molecule has 0 aliphatic rings. The maximum Gasteiger partial charge on any atom is 0.175 e. The Morgan fingerprint density at radius 3 is 2.48 bits per heavy atom. The molecule has 4 nitrogen and oxygen atoms in total. The molecule has 2 aromatic rings. The second-order valence-corrected chi connectivity index (χ2v) is 8.26. The van der Waals surface area contributed by atoms with Crippen LogP contribution < -0.4 is 14.8 Å². The molecule has 0 radical (unpaired) electrons. The van der Waals surface area contributed by atoms with Crippen molar-refractivity contribution in [2.45, 2.75) is 39.5 Å². The molecule has 2 aromatic carbocycles. The molecule has 8 heteroatoms. The Kier molecular flexibility index (Phi) is 12.3. The van der Waals surface area contributed by atoms with Crippen molar-refractivity contribution in [2.75, 3.05) is 20.3 Å². The van der Waals surface area contributed by atoms with Gasteiger partial charge >= 0.3 is 0 Å². The lowest BCUT2D eigenvalue weighted by Gasteiger charge is -2.15. The van der Waals surface area contributed by atoms with Gasteiger partial charge in [-0.05, 0) is 78.1 Å². The van der Waals surface area contributed by atoms with E-state index in [0.717, 1.165) is 41.7 Å². The zero-order chi connectivity index (χ0) is 20.5. The minimum Gasteiger partial charge on any atom is -0.493 e. The molecule has 0 fully saturated rings. The molecule has 0 aliphatic carbocycles. The van der Waals surface area contributed by atoms with Crippen molar-refractivity contribution >= 4 is 51.5 Å². The van der Waals surface area contributed by atoms with Crippen LogP contribution in [0.5, 0.6) is 11.5 Å². The fourth-order valence-electron chi connectivity index (χ4n) is 2.55. The van der Waals surface area contributed by atoms with Gasteiger partial charge in [-0.1, -0.05) is 29.3 Å². The van der Waals surface area contributed by atoms with Crippen LogP contribution in [-0.4, -0.2) is 26.4 Å². The monoisotopic (exact) mass is 525 g/mol. The minimum atomic E-state index is 0. The highest BCUT2D eigenvalue weighted by atomic mass is 79.9. The van der Waals surface area contributed by atoms with E-state index in [9.17, 15) is 0 Å². The molecule has 2 rings (SSSR count). The summed E-state index contributed by atoms with van der Waals surface area (Å²) in [7, 11) is 1.63. The Hall–Kier alpha value is -0.690. The van der Waals surface area contributed by atoms with E-state index in [1.807, 2.05) is 32.0 Å². The molecule has 0 atom stereocenters. The Morgan fingerprint density at radius 1 is 1.07 bits per heavy atom. The quantitative estimate of drug-likeness (QED) is 0.331. The number of hydrogen-bond donors (Lipinski definition) is 1. The van der Waals surface area contributed by atoms with Gasteiger partial charge in [0, 0.05) is 13.2 Å². The molecule has 0 unspecified atom stereocenters. The number of rotatable bonds is 11. The summed E-state index contributed by atoms with van der Waals surface area (Å²) in [5.41, 5.74) is 2.04. The predicted molar refractivity (Wildman–Crippen MR) is 126 cm³/mol. The molecule has 0 saturated carbocycles. The van der Waals surface area contributed by atoms with Crippen molar-refractivity contribution < 1.29 is 14.2 Å². The highest BCUT2D eigenvalue weighted by Crippen LogP contribution is 2.37. The van der Waals surface area contributed by atoms with Crippen LogP contribution in [0.3, 0.4) is 0 Å². The Morgan fingerprint density at radius 2 is 1.83 bits per heavy atom. The van der Waals surface area contributed by atoms with E-state index in [1.165, 1.54) is 0 Å². The maximum atomic E-state index is 6.07. The predicted octanol–water partition coefficient (Wildman–Crippen LogP) is 6.67. The van der Waals surface area contributed by atoms with Crippen LogP contribution in [0.1, 0.15) is 31.4 Å². The van der Waals surface area contributed by atoms with E-state index in [4.69, 9.17) is 37.4 Å². The molecule has 29 heavy (non-hydrogen) atoms. The van der Waals surface area contributed by atoms with E-state index in [2.05, 4.69) is 21.2 Å². The Bertz CT molecular complexity index is 775. The largest absolute Gasteiger partial charge is 0.493 e. The molecule has 162 valence electrons. The van der Waals surface area contributed by atoms with Crippen LogP contribution in [0.25, 0.3) is 0 Å². The lowest BCUT2D eigenvalue weighted by molar-refractivity contribution is 0.0770. The molecule has 0 spiro atoms. The van der Waals surface area contributed by atoms with Crippen molar-refractivity contribution in [1.82, 2.24) is 5.32 Å². The van der Waals surface area contributed by atoms with Crippen molar-refractivity contribution in [1.29, 1.82) is 0 Å². The Labute approximate surface area is 197 Å². The van der Waals surface area contributed by atoms with E-state index < -0.39 is 0 Å². The second-order valence-electron chi connectivity index (χ2n) is 6.60. The highest BCUT2D eigenvalue weighted by molar-refractivity contribution is 9.10. The van der Waals surface area contributed by atoms with Gasteiger partial charge in [-0.3, -0.25) is 0 Å². The standard InChI is InChI=1S/C21H26BrCl2NO3.ClH/c1-14(2)27-8-4-7-25-12-16-9-17(22)21(20(11-16)26-3)28-13-15-5-6-18(23)19(24)10-15;/h5-6,9-11,14,25H,4,7-8,12-13H2,1-3H3;1H. The molecule has 0 amide bonds. The number of benzene rings is 2. The third-order valence-corrected chi connectivity index (χ3v) is 5.26. The molecule has 1 N–H and O–H groups in total. The first-order chi connectivity index (χ1) is 13.4. The second kappa shape index (κ2) is 13.6. The van der Waals surface area contributed by atoms with Gasteiger partial charge in [0.25, 0.3) is 0 Å². The lowest BCUT2D eigenvalue weighted by atomic mass is 10.2. The first kappa shape index (κ1) is 26.3. The summed E-state index contributed by atoms with van der Waals surface area (Å²) in [5, 5.41) is 4.45. The summed E-state index contributed by atoms with van der Waals surface area (Å²) in [4.78, 5) is 0. The highest BCUT2D eigenvalue weighted by Gasteiger charge is 2.12. The van der Waals surface area contributed by atoms with Gasteiger partial charge in [0.2, 0.25) is 0 Å². The molecular formula is C21H27BrCl3NO3. The van der Waals surface area contributed by atoms with Gasteiger partial charge in [-0.2, -0.15) is 0 Å². The fraction of sp³-hybridized carbons (Fsp3) is 0.429. The summed E-state index contributed by atoms with van der Waals surface area (Å²) in [5.74, 6) is 1.33. The fourth-order valence-corrected chi connectivity index (χ4v) is 3.47. The smallest absolute Gasteiger partial charge is 0.175 e. The van der Waals surface area contributed by atoms with Gasteiger partial charge in [0.1, 0.15) is 6.61 Å². The zero-order valence-corrected chi connectivity index (χ0v) is 20.7. The molecule has 0 aromatic heterocycles. The van der Waals surface area contributed by atoms with Crippen LogP contribution in [-0.2, 0) is 17.9 Å². The van der Waals surface area contributed by atoms with E-state index >= 15 is 0 Å². The van der Waals surface area contributed by atoms with Crippen LogP contribution >= 0.6 is 51.5 Å².